The largest absolute Gasteiger partial charge is 0.463 e. The van der Waals surface area contributed by atoms with Gasteiger partial charge < -0.3 is 19.2 Å². The lowest BCUT2D eigenvalue weighted by molar-refractivity contribution is 0.0952. The van der Waals surface area contributed by atoms with Gasteiger partial charge in [0.05, 0.1) is 22.9 Å². The normalized spacial score (nSPS) is 15.9. The first-order valence-electron chi connectivity index (χ1n) is 9.93. The molecule has 28 heavy (non-hydrogen) atoms. The lowest BCUT2D eigenvalue weighted by Crippen LogP contribution is -2.35. The SMILES string of the molecule is Cc1noc2nc(-c3ccco3)cc(C(=O)NCCCN3CCC(C)CC3)c12. The molecule has 1 saturated heterocycles. The number of aromatic nitrogens is 2. The number of hydrogen-bond acceptors (Lipinski definition) is 6. The summed E-state index contributed by atoms with van der Waals surface area (Å²) in [6.45, 7) is 8.10. The van der Waals surface area contributed by atoms with Crippen LogP contribution in [0.4, 0.5) is 0 Å². The monoisotopic (exact) mass is 382 g/mol. The van der Waals surface area contributed by atoms with Crippen LogP contribution in [0.3, 0.4) is 0 Å². The van der Waals surface area contributed by atoms with Gasteiger partial charge in [0.1, 0.15) is 5.69 Å². The minimum atomic E-state index is -0.140. The Labute approximate surface area is 164 Å². The Balaban J connectivity index is 1.44. The van der Waals surface area contributed by atoms with Gasteiger partial charge in [-0.15, -0.1) is 0 Å². The van der Waals surface area contributed by atoms with Crippen LogP contribution in [0.15, 0.2) is 33.4 Å². The highest BCUT2D eigenvalue weighted by Crippen LogP contribution is 2.27. The number of furan rings is 1. The van der Waals surface area contributed by atoms with Crippen LogP contribution >= 0.6 is 0 Å². The molecule has 1 aliphatic rings. The van der Waals surface area contributed by atoms with E-state index in [1.165, 1.54) is 12.8 Å². The van der Waals surface area contributed by atoms with Gasteiger partial charge in [0.25, 0.3) is 11.6 Å². The molecule has 0 atom stereocenters. The molecule has 4 heterocycles. The molecule has 0 bridgehead atoms. The van der Waals surface area contributed by atoms with E-state index < -0.39 is 0 Å². The lowest BCUT2D eigenvalue weighted by atomic mass is 9.99. The van der Waals surface area contributed by atoms with Crippen LogP contribution in [-0.2, 0) is 0 Å². The molecular weight excluding hydrogens is 356 g/mol. The van der Waals surface area contributed by atoms with E-state index in [1.807, 2.05) is 6.92 Å². The molecule has 148 valence electrons. The smallest absolute Gasteiger partial charge is 0.259 e. The molecule has 7 nitrogen and oxygen atoms in total. The van der Waals surface area contributed by atoms with Crippen molar-refractivity contribution in [2.45, 2.75) is 33.1 Å². The molecule has 4 rings (SSSR count). The molecule has 7 heteroatoms. The van der Waals surface area contributed by atoms with E-state index in [0.717, 1.165) is 32.0 Å². The van der Waals surface area contributed by atoms with Crippen molar-refractivity contribution in [1.82, 2.24) is 20.4 Å². The Hall–Kier alpha value is -2.67. The van der Waals surface area contributed by atoms with Crippen molar-refractivity contribution in [3.05, 3.63) is 35.7 Å². The average Bonchev–Trinajstić information content (AvgIpc) is 3.36. The van der Waals surface area contributed by atoms with E-state index in [0.29, 0.717) is 40.4 Å². The van der Waals surface area contributed by atoms with E-state index in [9.17, 15) is 4.79 Å². The summed E-state index contributed by atoms with van der Waals surface area (Å²) in [5.41, 5.74) is 2.07. The number of nitrogens with zero attached hydrogens (tertiary/aromatic N) is 3. The number of likely N-dealkylation sites (tertiary alicyclic amines) is 1. The van der Waals surface area contributed by atoms with Gasteiger partial charge in [-0.25, -0.2) is 4.98 Å². The number of aryl methyl sites for hydroxylation is 1. The summed E-state index contributed by atoms with van der Waals surface area (Å²) >= 11 is 0. The van der Waals surface area contributed by atoms with Gasteiger partial charge in [0.15, 0.2) is 5.76 Å². The zero-order valence-electron chi connectivity index (χ0n) is 16.4. The molecule has 0 aliphatic carbocycles. The zero-order chi connectivity index (χ0) is 19.5. The van der Waals surface area contributed by atoms with Crippen molar-refractivity contribution in [2.24, 2.45) is 5.92 Å². The van der Waals surface area contributed by atoms with Crippen LogP contribution in [0.25, 0.3) is 22.6 Å². The van der Waals surface area contributed by atoms with Gasteiger partial charge in [-0.3, -0.25) is 4.79 Å². The first-order chi connectivity index (χ1) is 13.6. The van der Waals surface area contributed by atoms with Crippen LogP contribution < -0.4 is 5.32 Å². The Morgan fingerprint density at radius 2 is 2.18 bits per heavy atom. The minimum absolute atomic E-state index is 0.140. The summed E-state index contributed by atoms with van der Waals surface area (Å²) in [6.07, 6.45) is 5.04. The van der Waals surface area contributed by atoms with Crippen LogP contribution in [0.1, 0.15) is 42.2 Å². The van der Waals surface area contributed by atoms with Crippen molar-refractivity contribution < 1.29 is 13.7 Å². The number of piperidine rings is 1. The van der Waals surface area contributed by atoms with Crippen LogP contribution in [-0.4, -0.2) is 47.1 Å². The third-order valence-corrected chi connectivity index (χ3v) is 5.45. The fraction of sp³-hybridized carbons (Fsp3) is 0.476. The molecule has 1 aliphatic heterocycles. The molecule has 0 saturated carbocycles. The Kier molecular flexibility index (Phi) is 5.43. The molecule has 0 aromatic carbocycles. The molecule has 0 unspecified atom stereocenters. The molecule has 1 fully saturated rings. The van der Waals surface area contributed by atoms with Crippen LogP contribution in [0, 0.1) is 12.8 Å². The first-order valence-corrected chi connectivity index (χ1v) is 9.93. The molecular formula is C21H26N4O3. The van der Waals surface area contributed by atoms with E-state index in [2.05, 4.69) is 27.3 Å². The lowest BCUT2D eigenvalue weighted by Gasteiger charge is -2.30. The summed E-state index contributed by atoms with van der Waals surface area (Å²) in [4.78, 5) is 19.8. The van der Waals surface area contributed by atoms with Gasteiger partial charge in [-0.05, 0) is 69.9 Å². The van der Waals surface area contributed by atoms with Gasteiger partial charge >= 0.3 is 0 Å². The molecule has 0 spiro atoms. The third kappa shape index (κ3) is 3.94. The van der Waals surface area contributed by atoms with Crippen molar-refractivity contribution >= 4 is 17.0 Å². The fourth-order valence-corrected chi connectivity index (χ4v) is 3.71. The Morgan fingerprint density at radius 1 is 1.36 bits per heavy atom. The number of hydrogen-bond donors (Lipinski definition) is 1. The van der Waals surface area contributed by atoms with Crippen LogP contribution in [0.5, 0.6) is 0 Å². The summed E-state index contributed by atoms with van der Waals surface area (Å²) in [5.74, 6) is 1.28. The number of rotatable bonds is 6. The first kappa shape index (κ1) is 18.7. The predicted octanol–water partition coefficient (Wildman–Crippen LogP) is 3.64. The number of nitrogens with one attached hydrogen (secondary N) is 1. The van der Waals surface area contributed by atoms with Gasteiger partial charge in [-0.2, -0.15) is 0 Å². The van der Waals surface area contributed by atoms with Crippen molar-refractivity contribution in [1.29, 1.82) is 0 Å². The minimum Gasteiger partial charge on any atom is -0.463 e. The van der Waals surface area contributed by atoms with Gasteiger partial charge in [0.2, 0.25) is 0 Å². The van der Waals surface area contributed by atoms with E-state index >= 15 is 0 Å². The standard InChI is InChI=1S/C21H26N4O3/c1-14-6-10-25(11-7-14)9-4-8-22-20(26)16-13-17(18-5-3-12-27-18)23-21-19(16)15(2)24-28-21/h3,5,12-14H,4,6-11H2,1-2H3,(H,22,26). The molecule has 3 aromatic heterocycles. The number of amides is 1. The average molecular weight is 382 g/mol. The predicted molar refractivity (Wildman–Crippen MR) is 106 cm³/mol. The van der Waals surface area contributed by atoms with Gasteiger partial charge in [0, 0.05) is 6.54 Å². The topological polar surface area (TPSA) is 84.4 Å². The maximum atomic E-state index is 12.9. The molecule has 1 amide bonds. The highest BCUT2D eigenvalue weighted by molar-refractivity contribution is 6.06. The maximum absolute atomic E-state index is 12.9. The Morgan fingerprint density at radius 3 is 2.93 bits per heavy atom. The van der Waals surface area contributed by atoms with Crippen molar-refractivity contribution in [3.8, 4) is 11.5 Å². The highest BCUT2D eigenvalue weighted by Gasteiger charge is 2.20. The second-order valence-corrected chi connectivity index (χ2v) is 7.61. The maximum Gasteiger partial charge on any atom is 0.259 e. The van der Waals surface area contributed by atoms with E-state index in [-0.39, 0.29) is 5.91 Å². The number of carbonyl (C=O) groups is 1. The van der Waals surface area contributed by atoms with Crippen molar-refractivity contribution in [2.75, 3.05) is 26.2 Å². The summed E-state index contributed by atoms with van der Waals surface area (Å²) in [6, 6.07) is 5.33. The summed E-state index contributed by atoms with van der Waals surface area (Å²) in [5, 5.41) is 7.66. The molecule has 1 N–H and O–H groups in total. The second kappa shape index (κ2) is 8.14. The Bertz CT molecular complexity index is 940. The number of pyridine rings is 1. The molecule has 0 radical (unpaired) electrons. The number of carbonyl (C=O) groups excluding carboxylic acids is 1. The van der Waals surface area contributed by atoms with E-state index in [1.54, 1.807) is 24.5 Å². The molecule has 3 aromatic rings. The summed E-state index contributed by atoms with van der Waals surface area (Å²) < 4.78 is 10.7. The van der Waals surface area contributed by atoms with Crippen LogP contribution in [0.2, 0.25) is 0 Å². The van der Waals surface area contributed by atoms with Gasteiger partial charge in [-0.1, -0.05) is 12.1 Å². The summed E-state index contributed by atoms with van der Waals surface area (Å²) in [7, 11) is 0. The quantitative estimate of drug-likeness (QED) is 0.655. The highest BCUT2D eigenvalue weighted by atomic mass is 16.5. The number of fused-ring (bicyclic) bond motifs is 1. The van der Waals surface area contributed by atoms with E-state index in [4.69, 9.17) is 8.94 Å². The second-order valence-electron chi connectivity index (χ2n) is 7.61. The van der Waals surface area contributed by atoms with Crippen molar-refractivity contribution in [3.63, 3.8) is 0 Å². The third-order valence-electron chi connectivity index (χ3n) is 5.45. The fourth-order valence-electron chi connectivity index (χ4n) is 3.71. The zero-order valence-corrected chi connectivity index (χ0v) is 16.4.